The average molecular weight is 358 g/mol. The molecular weight excluding hydrogens is 343 g/mol. The zero-order valence-electron chi connectivity index (χ0n) is 13.5. The number of nitrogens with zero attached hydrogens (tertiary/aromatic N) is 2. The van der Waals surface area contributed by atoms with Crippen molar-refractivity contribution in [2.24, 2.45) is 0 Å². The molecule has 0 radical (unpaired) electrons. The van der Waals surface area contributed by atoms with E-state index in [9.17, 15) is 4.39 Å². The van der Waals surface area contributed by atoms with Gasteiger partial charge in [0, 0.05) is 22.8 Å². The average Bonchev–Trinajstić information content (AvgIpc) is 2.86. The summed E-state index contributed by atoms with van der Waals surface area (Å²) in [7, 11) is 1.44. The van der Waals surface area contributed by atoms with Gasteiger partial charge in [-0.05, 0) is 24.3 Å². The Bertz CT molecular complexity index is 936. The van der Waals surface area contributed by atoms with E-state index in [1.807, 2.05) is 18.2 Å². The van der Waals surface area contributed by atoms with Gasteiger partial charge in [0.05, 0.1) is 25.8 Å². The van der Waals surface area contributed by atoms with Crippen LogP contribution in [-0.4, -0.2) is 30.3 Å². The molecular formula is C18H15FN2O3S. The van der Waals surface area contributed by atoms with Gasteiger partial charge in [-0.3, -0.25) is 0 Å². The molecule has 0 saturated heterocycles. The summed E-state index contributed by atoms with van der Waals surface area (Å²) >= 11 is 1.46. The van der Waals surface area contributed by atoms with Crippen molar-refractivity contribution >= 4 is 22.7 Å². The Hall–Kier alpha value is -2.54. The molecule has 1 aliphatic heterocycles. The van der Waals surface area contributed by atoms with E-state index in [4.69, 9.17) is 14.2 Å². The molecule has 0 atom stereocenters. The second kappa shape index (κ2) is 6.76. The second-order valence-corrected chi connectivity index (χ2v) is 6.51. The minimum Gasteiger partial charge on any atom is -0.494 e. The van der Waals surface area contributed by atoms with Gasteiger partial charge in [-0.15, -0.1) is 0 Å². The summed E-state index contributed by atoms with van der Waals surface area (Å²) in [5.74, 6) is 1.20. The fraction of sp³-hybridized carbons (Fsp3) is 0.222. The zero-order valence-corrected chi connectivity index (χ0v) is 14.3. The highest BCUT2D eigenvalue weighted by molar-refractivity contribution is 7.99. The van der Waals surface area contributed by atoms with Gasteiger partial charge in [-0.25, -0.2) is 14.4 Å². The van der Waals surface area contributed by atoms with Crippen LogP contribution in [0.3, 0.4) is 0 Å². The Balaban J connectivity index is 1.72. The molecule has 0 unspecified atom stereocenters. The largest absolute Gasteiger partial charge is 0.494 e. The summed E-state index contributed by atoms with van der Waals surface area (Å²) in [5.41, 5.74) is 0.533. The molecule has 4 rings (SSSR count). The third kappa shape index (κ3) is 3.19. The summed E-state index contributed by atoms with van der Waals surface area (Å²) in [6.07, 6.45) is 2.29. The number of ether oxygens (including phenoxy) is 3. The number of hydrogen-bond acceptors (Lipinski definition) is 6. The maximum atomic E-state index is 13.9. The Labute approximate surface area is 148 Å². The van der Waals surface area contributed by atoms with Crippen LogP contribution in [0, 0.1) is 5.82 Å². The van der Waals surface area contributed by atoms with Crippen molar-refractivity contribution in [2.45, 2.75) is 16.3 Å². The van der Waals surface area contributed by atoms with E-state index in [0.717, 1.165) is 33.2 Å². The first kappa shape index (κ1) is 16.0. The molecule has 0 N–H and O–H groups in total. The summed E-state index contributed by atoms with van der Waals surface area (Å²) in [6.45, 7) is 1.29. The van der Waals surface area contributed by atoms with Crippen molar-refractivity contribution in [3.05, 3.63) is 42.5 Å². The number of methoxy groups -OCH3 is 1. The van der Waals surface area contributed by atoms with Crippen LogP contribution in [-0.2, 0) is 0 Å². The first-order chi connectivity index (χ1) is 12.2. The van der Waals surface area contributed by atoms with Gasteiger partial charge in [0.2, 0.25) is 0 Å². The van der Waals surface area contributed by atoms with Crippen molar-refractivity contribution in [1.29, 1.82) is 0 Å². The predicted molar refractivity (Wildman–Crippen MR) is 92.2 cm³/mol. The SMILES string of the molecule is COc1cc2c(Sc3ccc4c(c3)OCCCO4)ncnc2cc1F. The third-order valence-corrected chi connectivity index (χ3v) is 4.81. The van der Waals surface area contributed by atoms with E-state index in [2.05, 4.69) is 9.97 Å². The predicted octanol–water partition coefficient (Wildman–Crippen LogP) is 4.09. The van der Waals surface area contributed by atoms with Gasteiger partial charge in [-0.2, -0.15) is 0 Å². The van der Waals surface area contributed by atoms with Gasteiger partial charge >= 0.3 is 0 Å². The molecule has 0 amide bonds. The number of aromatic nitrogens is 2. The topological polar surface area (TPSA) is 53.5 Å². The Morgan fingerprint density at radius 2 is 1.92 bits per heavy atom. The van der Waals surface area contributed by atoms with Crippen molar-refractivity contribution in [3.63, 3.8) is 0 Å². The highest BCUT2D eigenvalue weighted by Crippen LogP contribution is 2.38. The quantitative estimate of drug-likeness (QED) is 0.658. The molecule has 2 aromatic carbocycles. The number of fused-ring (bicyclic) bond motifs is 2. The molecule has 1 aliphatic rings. The highest BCUT2D eigenvalue weighted by atomic mass is 32.2. The monoisotopic (exact) mass is 358 g/mol. The molecule has 0 spiro atoms. The standard InChI is InChI=1S/C18H15FN2O3S/c1-22-16-8-12-14(9-13(16)19)20-10-21-18(12)25-11-3-4-15-17(7-11)24-6-2-5-23-15/h3-4,7-10H,2,5-6H2,1H3. The third-order valence-electron chi connectivity index (χ3n) is 3.81. The lowest BCUT2D eigenvalue weighted by Crippen LogP contribution is -1.97. The Morgan fingerprint density at radius 3 is 2.76 bits per heavy atom. The van der Waals surface area contributed by atoms with Crippen molar-refractivity contribution < 1.29 is 18.6 Å². The lowest BCUT2D eigenvalue weighted by molar-refractivity contribution is 0.297. The van der Waals surface area contributed by atoms with Crippen LogP contribution in [0.2, 0.25) is 0 Å². The number of hydrogen-bond donors (Lipinski definition) is 0. The highest BCUT2D eigenvalue weighted by Gasteiger charge is 2.14. The Morgan fingerprint density at radius 1 is 1.08 bits per heavy atom. The maximum Gasteiger partial charge on any atom is 0.167 e. The molecule has 0 fully saturated rings. The van der Waals surface area contributed by atoms with E-state index < -0.39 is 5.82 Å². The molecule has 7 heteroatoms. The fourth-order valence-corrected chi connectivity index (χ4v) is 3.49. The summed E-state index contributed by atoms with van der Waals surface area (Å²) in [6, 6.07) is 8.75. The van der Waals surface area contributed by atoms with E-state index >= 15 is 0 Å². The molecule has 2 heterocycles. The summed E-state index contributed by atoms with van der Waals surface area (Å²) in [4.78, 5) is 9.43. The van der Waals surface area contributed by atoms with Gasteiger partial charge in [0.1, 0.15) is 11.4 Å². The van der Waals surface area contributed by atoms with Crippen LogP contribution >= 0.6 is 11.8 Å². The van der Waals surface area contributed by atoms with E-state index in [0.29, 0.717) is 18.7 Å². The van der Waals surface area contributed by atoms with Gasteiger partial charge in [-0.1, -0.05) is 11.8 Å². The second-order valence-electron chi connectivity index (χ2n) is 5.44. The smallest absolute Gasteiger partial charge is 0.167 e. The number of rotatable bonds is 3. The van der Waals surface area contributed by atoms with Crippen molar-refractivity contribution in [1.82, 2.24) is 9.97 Å². The molecule has 0 saturated carbocycles. The normalized spacial score (nSPS) is 13.5. The summed E-state index contributed by atoms with van der Waals surface area (Å²) < 4.78 is 30.3. The molecule has 25 heavy (non-hydrogen) atoms. The van der Waals surface area contributed by atoms with Crippen LogP contribution in [0.25, 0.3) is 10.9 Å². The number of halogens is 1. The maximum absolute atomic E-state index is 13.9. The fourth-order valence-electron chi connectivity index (χ4n) is 2.59. The van der Waals surface area contributed by atoms with E-state index in [-0.39, 0.29) is 5.75 Å². The van der Waals surface area contributed by atoms with Crippen LogP contribution in [0.5, 0.6) is 17.2 Å². The van der Waals surface area contributed by atoms with Crippen molar-refractivity contribution in [3.8, 4) is 17.2 Å². The molecule has 5 nitrogen and oxygen atoms in total. The zero-order chi connectivity index (χ0) is 17.2. The molecule has 3 aromatic rings. The summed E-state index contributed by atoms with van der Waals surface area (Å²) in [5, 5.41) is 1.45. The number of benzene rings is 2. The van der Waals surface area contributed by atoms with Gasteiger partial charge in [0.25, 0.3) is 0 Å². The van der Waals surface area contributed by atoms with Gasteiger partial charge in [0.15, 0.2) is 23.1 Å². The molecule has 0 bridgehead atoms. The van der Waals surface area contributed by atoms with Crippen LogP contribution in [0.4, 0.5) is 4.39 Å². The first-order valence-corrected chi connectivity index (χ1v) is 8.62. The first-order valence-electron chi connectivity index (χ1n) is 7.80. The van der Waals surface area contributed by atoms with E-state index in [1.165, 1.54) is 31.3 Å². The lowest BCUT2D eigenvalue weighted by atomic mass is 10.2. The molecule has 1 aromatic heterocycles. The van der Waals surface area contributed by atoms with Gasteiger partial charge < -0.3 is 14.2 Å². The van der Waals surface area contributed by atoms with Crippen LogP contribution in [0.15, 0.2) is 46.6 Å². The minimum atomic E-state index is -0.444. The van der Waals surface area contributed by atoms with E-state index in [1.54, 1.807) is 6.07 Å². The molecule has 0 aliphatic carbocycles. The van der Waals surface area contributed by atoms with Crippen LogP contribution in [0.1, 0.15) is 6.42 Å². The van der Waals surface area contributed by atoms with Crippen molar-refractivity contribution in [2.75, 3.05) is 20.3 Å². The lowest BCUT2D eigenvalue weighted by Gasteiger charge is -2.10. The Kier molecular flexibility index (Phi) is 4.31. The minimum absolute atomic E-state index is 0.169. The van der Waals surface area contributed by atoms with Crippen LogP contribution < -0.4 is 14.2 Å². The molecule has 128 valence electrons.